The summed E-state index contributed by atoms with van der Waals surface area (Å²) in [5, 5.41) is 5.14. The second-order valence-electron chi connectivity index (χ2n) is 8.02. The summed E-state index contributed by atoms with van der Waals surface area (Å²) in [6.07, 6.45) is 6.71. The Bertz CT molecular complexity index is 860. The highest BCUT2D eigenvalue weighted by atomic mass is 16.2. The van der Waals surface area contributed by atoms with Crippen LogP contribution < -0.4 is 10.6 Å². The topological polar surface area (TPSA) is 113 Å². The summed E-state index contributed by atoms with van der Waals surface area (Å²) in [7, 11) is 1.45. The van der Waals surface area contributed by atoms with Gasteiger partial charge in [-0.1, -0.05) is 25.3 Å². The van der Waals surface area contributed by atoms with Crippen LogP contribution in [0.2, 0.25) is 0 Å². The summed E-state index contributed by atoms with van der Waals surface area (Å²) in [4.78, 5) is 61.7. The number of rotatable bonds is 6. The lowest BCUT2D eigenvalue weighted by atomic mass is 9.89. The second-order valence-corrected chi connectivity index (χ2v) is 8.02. The highest BCUT2D eigenvalue weighted by Gasteiger charge is 2.33. The monoisotopic (exact) mass is 413 g/mol. The summed E-state index contributed by atoms with van der Waals surface area (Å²) in [6, 6.07) is 3.54. The van der Waals surface area contributed by atoms with E-state index in [0.29, 0.717) is 18.7 Å². The fourth-order valence-electron chi connectivity index (χ4n) is 4.10. The molecular weight excluding hydrogens is 386 g/mol. The highest BCUT2D eigenvalue weighted by molar-refractivity contribution is 6.07. The standard InChI is InChI=1S/C22H27N3O5/c1-25(18-9-10-19(27)24-21(18)29)22(30)17-11-15(7-8-16(17)13-26)20(28)23-12-14-5-3-2-4-6-14/h7-8,11,13-14,18H,2-6,9-10,12H2,1H3,(H,23,28)(H,24,27,29). The van der Waals surface area contributed by atoms with Crippen LogP contribution in [0.5, 0.6) is 0 Å². The van der Waals surface area contributed by atoms with Crippen molar-refractivity contribution in [3.05, 3.63) is 34.9 Å². The molecule has 1 unspecified atom stereocenters. The van der Waals surface area contributed by atoms with Crippen molar-refractivity contribution in [2.75, 3.05) is 13.6 Å². The minimum Gasteiger partial charge on any atom is -0.352 e. The van der Waals surface area contributed by atoms with E-state index in [-0.39, 0.29) is 41.3 Å². The van der Waals surface area contributed by atoms with Crippen LogP contribution in [0, 0.1) is 5.92 Å². The molecule has 0 aromatic heterocycles. The van der Waals surface area contributed by atoms with Gasteiger partial charge in [-0.25, -0.2) is 0 Å². The average molecular weight is 413 g/mol. The number of hydrogen-bond donors (Lipinski definition) is 2. The van der Waals surface area contributed by atoms with Gasteiger partial charge in [0.25, 0.3) is 11.8 Å². The molecule has 3 rings (SSSR count). The van der Waals surface area contributed by atoms with E-state index < -0.39 is 17.9 Å². The Kier molecular flexibility index (Phi) is 6.97. The number of carbonyl (C=O) groups excluding carboxylic acids is 5. The van der Waals surface area contributed by atoms with Crippen LogP contribution in [0.4, 0.5) is 0 Å². The zero-order chi connectivity index (χ0) is 21.7. The van der Waals surface area contributed by atoms with Crippen molar-refractivity contribution in [3.63, 3.8) is 0 Å². The molecule has 2 aliphatic rings. The zero-order valence-electron chi connectivity index (χ0n) is 17.1. The van der Waals surface area contributed by atoms with E-state index in [1.807, 2.05) is 0 Å². The molecule has 2 fully saturated rings. The number of hydrogen-bond acceptors (Lipinski definition) is 5. The average Bonchev–Trinajstić information content (AvgIpc) is 2.76. The maximum Gasteiger partial charge on any atom is 0.255 e. The van der Waals surface area contributed by atoms with E-state index in [9.17, 15) is 24.0 Å². The summed E-state index contributed by atoms with van der Waals surface area (Å²) < 4.78 is 0. The predicted octanol–water partition coefficient (Wildman–Crippen LogP) is 1.69. The van der Waals surface area contributed by atoms with Gasteiger partial charge in [-0.05, 0) is 37.3 Å². The van der Waals surface area contributed by atoms with Crippen LogP contribution in [0.15, 0.2) is 18.2 Å². The normalized spacial score (nSPS) is 19.7. The molecule has 160 valence electrons. The molecule has 0 radical (unpaired) electrons. The van der Waals surface area contributed by atoms with Crippen molar-refractivity contribution in [3.8, 4) is 0 Å². The molecule has 1 saturated heterocycles. The Labute approximate surface area is 175 Å². The Hall–Kier alpha value is -3.03. The van der Waals surface area contributed by atoms with E-state index in [1.54, 1.807) is 0 Å². The number of benzene rings is 1. The summed E-state index contributed by atoms with van der Waals surface area (Å²) in [5.41, 5.74) is 0.488. The molecule has 1 aromatic rings. The minimum atomic E-state index is -0.807. The maximum absolute atomic E-state index is 13.0. The van der Waals surface area contributed by atoms with Gasteiger partial charge in [0.15, 0.2) is 6.29 Å². The molecular formula is C22H27N3O5. The molecule has 0 spiro atoms. The van der Waals surface area contributed by atoms with Crippen molar-refractivity contribution in [1.29, 1.82) is 0 Å². The molecule has 1 aromatic carbocycles. The number of nitrogens with zero attached hydrogens (tertiary/aromatic N) is 1. The van der Waals surface area contributed by atoms with E-state index in [0.717, 1.165) is 12.8 Å². The highest BCUT2D eigenvalue weighted by Crippen LogP contribution is 2.23. The Balaban J connectivity index is 1.73. The molecule has 2 N–H and O–H groups in total. The number of aldehydes is 1. The van der Waals surface area contributed by atoms with Gasteiger partial charge in [0, 0.05) is 31.1 Å². The van der Waals surface area contributed by atoms with Gasteiger partial charge < -0.3 is 10.2 Å². The first-order valence-corrected chi connectivity index (χ1v) is 10.4. The number of amides is 4. The molecule has 8 heteroatoms. The predicted molar refractivity (Wildman–Crippen MR) is 109 cm³/mol. The van der Waals surface area contributed by atoms with Crippen LogP contribution in [0.25, 0.3) is 0 Å². The largest absolute Gasteiger partial charge is 0.352 e. The molecule has 1 heterocycles. The lowest BCUT2D eigenvalue weighted by Gasteiger charge is -2.30. The van der Waals surface area contributed by atoms with E-state index in [2.05, 4.69) is 10.6 Å². The smallest absolute Gasteiger partial charge is 0.255 e. The van der Waals surface area contributed by atoms with Crippen molar-refractivity contribution < 1.29 is 24.0 Å². The van der Waals surface area contributed by atoms with Gasteiger partial charge in [-0.3, -0.25) is 29.3 Å². The van der Waals surface area contributed by atoms with Crippen molar-refractivity contribution in [2.24, 2.45) is 5.92 Å². The fourth-order valence-corrected chi connectivity index (χ4v) is 4.10. The van der Waals surface area contributed by atoms with Crippen LogP contribution in [0.3, 0.4) is 0 Å². The molecule has 1 atom stereocenters. The van der Waals surface area contributed by atoms with E-state index >= 15 is 0 Å². The summed E-state index contributed by atoms with van der Waals surface area (Å²) in [5.74, 6) is -1.29. The van der Waals surface area contributed by atoms with Gasteiger partial charge in [0.1, 0.15) is 6.04 Å². The quantitative estimate of drug-likeness (QED) is 0.544. The zero-order valence-corrected chi connectivity index (χ0v) is 17.1. The third-order valence-electron chi connectivity index (χ3n) is 5.95. The second kappa shape index (κ2) is 9.65. The van der Waals surface area contributed by atoms with Gasteiger partial charge in [0.05, 0.1) is 5.56 Å². The van der Waals surface area contributed by atoms with Gasteiger partial charge >= 0.3 is 0 Å². The van der Waals surface area contributed by atoms with Gasteiger partial charge in [-0.2, -0.15) is 0 Å². The molecule has 1 aliphatic carbocycles. The van der Waals surface area contributed by atoms with Crippen molar-refractivity contribution in [1.82, 2.24) is 15.5 Å². The van der Waals surface area contributed by atoms with Gasteiger partial charge in [0.2, 0.25) is 11.8 Å². The Morgan fingerprint density at radius 1 is 1.17 bits per heavy atom. The first kappa shape index (κ1) is 21.7. The molecule has 4 amide bonds. The first-order chi connectivity index (χ1) is 14.4. The Morgan fingerprint density at radius 3 is 2.57 bits per heavy atom. The van der Waals surface area contributed by atoms with Gasteiger partial charge in [-0.15, -0.1) is 0 Å². The minimum absolute atomic E-state index is 0.0579. The lowest BCUT2D eigenvalue weighted by Crippen LogP contribution is -2.53. The van der Waals surface area contributed by atoms with E-state index in [1.165, 1.54) is 49.4 Å². The molecule has 8 nitrogen and oxygen atoms in total. The number of nitrogens with one attached hydrogen (secondary N) is 2. The molecule has 1 saturated carbocycles. The van der Waals surface area contributed by atoms with Crippen LogP contribution in [-0.2, 0) is 9.59 Å². The maximum atomic E-state index is 13.0. The van der Waals surface area contributed by atoms with Crippen LogP contribution in [0.1, 0.15) is 76.0 Å². The van der Waals surface area contributed by atoms with Crippen LogP contribution in [-0.4, -0.2) is 54.4 Å². The van der Waals surface area contributed by atoms with Crippen molar-refractivity contribution >= 4 is 29.9 Å². The SMILES string of the molecule is CN(C(=O)c1cc(C(=O)NCC2CCCCC2)ccc1C=O)C1CCC(=O)NC1=O. The number of piperidine rings is 1. The third-order valence-corrected chi connectivity index (χ3v) is 5.95. The van der Waals surface area contributed by atoms with Crippen LogP contribution >= 0.6 is 0 Å². The molecule has 30 heavy (non-hydrogen) atoms. The fraction of sp³-hybridized carbons (Fsp3) is 0.500. The lowest BCUT2D eigenvalue weighted by molar-refractivity contribution is -0.136. The number of carbonyl (C=O) groups is 5. The third kappa shape index (κ3) is 4.93. The number of imide groups is 1. The van der Waals surface area contributed by atoms with E-state index in [4.69, 9.17) is 0 Å². The summed E-state index contributed by atoms with van der Waals surface area (Å²) in [6.45, 7) is 0.591. The molecule has 0 bridgehead atoms. The molecule has 1 aliphatic heterocycles. The number of likely N-dealkylation sites (N-methyl/N-ethyl adjacent to an activating group) is 1. The summed E-state index contributed by atoms with van der Waals surface area (Å²) >= 11 is 0. The first-order valence-electron chi connectivity index (χ1n) is 10.4. The Morgan fingerprint density at radius 2 is 1.90 bits per heavy atom. The van der Waals surface area contributed by atoms with Crippen molar-refractivity contribution in [2.45, 2.75) is 51.0 Å².